The lowest BCUT2D eigenvalue weighted by molar-refractivity contribution is -0.118. The number of aromatic carboxylic acids is 1. The molecule has 0 saturated heterocycles. The summed E-state index contributed by atoms with van der Waals surface area (Å²) in [5.74, 6) is -2.22. The van der Waals surface area contributed by atoms with Gasteiger partial charge in [-0.2, -0.15) is 5.10 Å². The van der Waals surface area contributed by atoms with Gasteiger partial charge < -0.3 is 5.11 Å². The summed E-state index contributed by atoms with van der Waals surface area (Å²) >= 11 is 6.17. The minimum absolute atomic E-state index is 0.0998. The van der Waals surface area contributed by atoms with Crippen molar-refractivity contribution >= 4 is 29.2 Å². The number of aromatic nitrogens is 2. The summed E-state index contributed by atoms with van der Waals surface area (Å²) in [5.41, 5.74) is 3.10. The van der Waals surface area contributed by atoms with Crippen molar-refractivity contribution in [3.8, 4) is 5.69 Å². The van der Waals surface area contributed by atoms with Crippen molar-refractivity contribution < 1.29 is 19.1 Å². The Bertz CT molecular complexity index is 1310. The predicted octanol–water partition coefficient (Wildman–Crippen LogP) is 6.45. The largest absolute Gasteiger partial charge is 0.478 e. The van der Waals surface area contributed by atoms with E-state index in [1.807, 2.05) is 28.9 Å². The van der Waals surface area contributed by atoms with Gasteiger partial charge in [0, 0.05) is 11.9 Å². The third kappa shape index (κ3) is 4.19. The zero-order valence-corrected chi connectivity index (χ0v) is 21.0. The molecule has 0 unspecified atom stereocenters. The van der Waals surface area contributed by atoms with E-state index in [2.05, 4.69) is 0 Å². The number of rotatable bonds is 5. The van der Waals surface area contributed by atoms with Gasteiger partial charge in [-0.1, -0.05) is 30.9 Å². The molecule has 0 spiro atoms. The van der Waals surface area contributed by atoms with Crippen molar-refractivity contribution in [2.24, 2.45) is 0 Å². The molecule has 2 aliphatic rings. The molecule has 0 bridgehead atoms. The number of carboxylic acid groups (broad SMARTS) is 1. The Balaban J connectivity index is 1.77. The van der Waals surface area contributed by atoms with Gasteiger partial charge in [-0.3, -0.25) is 9.69 Å². The smallest absolute Gasteiger partial charge is 0.335 e. The van der Waals surface area contributed by atoms with Gasteiger partial charge in [0.1, 0.15) is 5.82 Å². The molecule has 188 valence electrons. The summed E-state index contributed by atoms with van der Waals surface area (Å²) in [7, 11) is 0. The first kappa shape index (κ1) is 24.5. The lowest BCUT2D eigenvalue weighted by Gasteiger charge is -2.47. The van der Waals surface area contributed by atoms with Crippen LogP contribution < -0.4 is 4.90 Å². The standard InChI is InChI=1S/C28H29ClFN3O3/c1-18(34)32(25-14-9-19(27(35)36)17-23(25)30)28(15-5-2-6-16-28)26-22-7-3-4-8-24(22)31-33(26)21-12-10-20(29)11-13-21/h9-14,17H,2-8,15-16H2,1H3,(H,35,36). The van der Waals surface area contributed by atoms with E-state index in [1.54, 1.807) is 4.90 Å². The molecule has 36 heavy (non-hydrogen) atoms. The molecule has 2 aromatic carbocycles. The lowest BCUT2D eigenvalue weighted by atomic mass is 9.74. The number of benzene rings is 2. The molecular formula is C28H29ClFN3O3. The zero-order chi connectivity index (χ0) is 25.4. The molecule has 1 heterocycles. The van der Waals surface area contributed by atoms with E-state index in [0.717, 1.165) is 73.7 Å². The van der Waals surface area contributed by atoms with Gasteiger partial charge in [-0.15, -0.1) is 0 Å². The molecule has 8 heteroatoms. The molecule has 3 aromatic rings. The van der Waals surface area contributed by atoms with Crippen molar-refractivity contribution in [2.45, 2.75) is 70.3 Å². The first-order chi connectivity index (χ1) is 17.3. The van der Waals surface area contributed by atoms with Crippen LogP contribution in [0.25, 0.3) is 5.69 Å². The second kappa shape index (κ2) is 9.69. The summed E-state index contributed by atoms with van der Waals surface area (Å²) in [6.45, 7) is 1.45. The first-order valence-electron chi connectivity index (χ1n) is 12.5. The normalized spacial score (nSPS) is 16.9. The Labute approximate surface area is 214 Å². The first-order valence-corrected chi connectivity index (χ1v) is 12.9. The maximum atomic E-state index is 15.5. The molecule has 6 nitrogen and oxygen atoms in total. The Hall–Kier alpha value is -3.19. The van der Waals surface area contributed by atoms with Crippen molar-refractivity contribution in [3.05, 3.63) is 75.8 Å². The van der Waals surface area contributed by atoms with Crippen LogP contribution in [-0.4, -0.2) is 26.8 Å². The number of nitrogens with zero attached hydrogens (tertiary/aromatic N) is 3. The minimum Gasteiger partial charge on any atom is -0.478 e. The summed E-state index contributed by atoms with van der Waals surface area (Å²) in [6, 6.07) is 11.3. The number of carbonyl (C=O) groups is 2. The molecule has 1 fully saturated rings. The fourth-order valence-corrected chi connectivity index (χ4v) is 6.15. The maximum absolute atomic E-state index is 15.5. The van der Waals surface area contributed by atoms with Crippen molar-refractivity contribution in [1.29, 1.82) is 0 Å². The molecular weight excluding hydrogens is 481 g/mol. The van der Waals surface area contributed by atoms with Crippen molar-refractivity contribution in [3.63, 3.8) is 0 Å². The van der Waals surface area contributed by atoms with Crippen LogP contribution in [0, 0.1) is 5.82 Å². The Morgan fingerprint density at radius 1 is 1.03 bits per heavy atom. The Morgan fingerprint density at radius 3 is 2.36 bits per heavy atom. The van der Waals surface area contributed by atoms with Crippen LogP contribution in [0.5, 0.6) is 0 Å². The highest BCUT2D eigenvalue weighted by molar-refractivity contribution is 6.30. The monoisotopic (exact) mass is 509 g/mol. The number of aryl methyl sites for hydroxylation is 1. The van der Waals surface area contributed by atoms with Gasteiger partial charge in [0.2, 0.25) is 5.91 Å². The van der Waals surface area contributed by atoms with Crippen molar-refractivity contribution in [2.75, 3.05) is 4.90 Å². The van der Waals surface area contributed by atoms with Crippen LogP contribution in [0.2, 0.25) is 5.02 Å². The second-order valence-electron chi connectivity index (χ2n) is 9.79. The third-order valence-corrected chi connectivity index (χ3v) is 7.78. The van der Waals surface area contributed by atoms with E-state index in [4.69, 9.17) is 16.7 Å². The van der Waals surface area contributed by atoms with Crippen LogP contribution in [0.15, 0.2) is 42.5 Å². The van der Waals surface area contributed by atoms with Gasteiger partial charge in [-0.05, 0) is 86.6 Å². The number of carboxylic acids is 1. The summed E-state index contributed by atoms with van der Waals surface area (Å²) in [5, 5.41) is 15.0. The van der Waals surface area contributed by atoms with Crippen LogP contribution in [0.3, 0.4) is 0 Å². The highest BCUT2D eigenvalue weighted by atomic mass is 35.5. The third-order valence-electron chi connectivity index (χ3n) is 7.53. The summed E-state index contributed by atoms with van der Waals surface area (Å²) in [4.78, 5) is 26.4. The van der Waals surface area contributed by atoms with Gasteiger partial charge in [0.25, 0.3) is 0 Å². The van der Waals surface area contributed by atoms with E-state index in [1.165, 1.54) is 19.1 Å². The number of anilines is 1. The van der Waals surface area contributed by atoms with E-state index < -0.39 is 17.3 Å². The second-order valence-corrected chi connectivity index (χ2v) is 10.2. The fraction of sp³-hybridized carbons (Fsp3) is 0.393. The number of hydrogen-bond donors (Lipinski definition) is 1. The number of amides is 1. The van der Waals surface area contributed by atoms with Crippen LogP contribution >= 0.6 is 11.6 Å². The molecule has 1 aromatic heterocycles. The van der Waals surface area contributed by atoms with E-state index >= 15 is 4.39 Å². The minimum atomic E-state index is -1.21. The molecule has 1 saturated carbocycles. The number of halogens is 2. The maximum Gasteiger partial charge on any atom is 0.335 e. The van der Waals surface area contributed by atoms with Gasteiger partial charge in [0.15, 0.2) is 0 Å². The van der Waals surface area contributed by atoms with Gasteiger partial charge in [0.05, 0.1) is 33.9 Å². The predicted molar refractivity (Wildman–Crippen MR) is 136 cm³/mol. The van der Waals surface area contributed by atoms with Gasteiger partial charge >= 0.3 is 5.97 Å². The SMILES string of the molecule is CC(=O)N(c1ccc(C(=O)O)cc1F)C1(c2c3c(nn2-c2ccc(Cl)cc2)CCCC3)CCCCC1. The summed E-state index contributed by atoms with van der Waals surface area (Å²) < 4.78 is 17.4. The van der Waals surface area contributed by atoms with Crippen LogP contribution in [0.1, 0.15) is 79.2 Å². The molecule has 0 radical (unpaired) electrons. The molecule has 1 amide bonds. The average molecular weight is 510 g/mol. The number of fused-ring (bicyclic) bond motifs is 1. The molecule has 1 N–H and O–H groups in total. The van der Waals surface area contributed by atoms with Gasteiger partial charge in [-0.25, -0.2) is 13.9 Å². The fourth-order valence-electron chi connectivity index (χ4n) is 6.03. The van der Waals surface area contributed by atoms with Crippen LogP contribution in [-0.2, 0) is 23.2 Å². The quantitative estimate of drug-likeness (QED) is 0.428. The molecule has 2 aliphatic carbocycles. The molecule has 5 rings (SSSR count). The summed E-state index contributed by atoms with van der Waals surface area (Å²) in [6.07, 6.45) is 7.94. The number of hydrogen-bond acceptors (Lipinski definition) is 3. The Kier molecular flexibility index (Phi) is 6.60. The highest BCUT2D eigenvalue weighted by Gasteiger charge is 2.47. The molecule has 0 atom stereocenters. The zero-order valence-electron chi connectivity index (χ0n) is 20.3. The van der Waals surface area contributed by atoms with Crippen molar-refractivity contribution in [1.82, 2.24) is 9.78 Å². The lowest BCUT2D eigenvalue weighted by Crippen LogP contribution is -2.52. The topological polar surface area (TPSA) is 75.4 Å². The van der Waals surface area contributed by atoms with E-state index in [9.17, 15) is 14.7 Å². The van der Waals surface area contributed by atoms with E-state index in [-0.39, 0.29) is 17.2 Å². The number of carbonyl (C=O) groups excluding carboxylic acids is 1. The van der Waals surface area contributed by atoms with Crippen LogP contribution in [0.4, 0.5) is 10.1 Å². The average Bonchev–Trinajstić information content (AvgIpc) is 3.26. The van der Waals surface area contributed by atoms with E-state index in [0.29, 0.717) is 17.9 Å². The highest BCUT2D eigenvalue weighted by Crippen LogP contribution is 2.48. The molecule has 0 aliphatic heterocycles. The Morgan fingerprint density at radius 2 is 1.72 bits per heavy atom.